The Labute approximate surface area is 199 Å². The van der Waals surface area contributed by atoms with Gasteiger partial charge in [-0.25, -0.2) is 40.6 Å². The highest BCUT2D eigenvalue weighted by atomic mass is 32.2. The van der Waals surface area contributed by atoms with E-state index in [0.29, 0.717) is 5.56 Å². The zero-order valence-corrected chi connectivity index (χ0v) is 19.6. The number of aryl methyl sites for hydroxylation is 1. The van der Waals surface area contributed by atoms with E-state index in [-0.39, 0.29) is 21.1 Å². The standard InChI is InChI=1S/C24H15F2N3O4S2/c1-14-2-4-15(5-3-14)21-19-12-17(26)8-11-20(19)35(32,33)24-22(29-21)23(27-13-28-24)34(30,31)18-9-6-16(25)7-10-18/h2-13H,1H3. The number of aliphatic imine (C=N–C) groups is 1. The number of rotatable bonds is 3. The average Bonchev–Trinajstić information content (AvgIpc) is 2.92. The van der Waals surface area contributed by atoms with Gasteiger partial charge in [0, 0.05) is 11.1 Å². The molecule has 0 aliphatic carbocycles. The summed E-state index contributed by atoms with van der Waals surface area (Å²) in [6, 6.07) is 14.0. The van der Waals surface area contributed by atoms with Crippen molar-refractivity contribution in [3.8, 4) is 0 Å². The monoisotopic (exact) mass is 511 g/mol. The molecule has 0 bridgehead atoms. The smallest absolute Gasteiger partial charge is 0.226 e. The fraction of sp³-hybridized carbons (Fsp3) is 0.0417. The van der Waals surface area contributed by atoms with Crippen LogP contribution in [0.2, 0.25) is 0 Å². The molecule has 1 aliphatic rings. The van der Waals surface area contributed by atoms with Gasteiger partial charge in [-0.3, -0.25) is 0 Å². The fourth-order valence-corrected chi connectivity index (χ4v) is 6.54. The largest absolute Gasteiger partial charge is 0.242 e. The van der Waals surface area contributed by atoms with Gasteiger partial charge in [0.15, 0.2) is 10.1 Å². The van der Waals surface area contributed by atoms with E-state index in [1.165, 1.54) is 0 Å². The van der Waals surface area contributed by atoms with E-state index in [1.54, 1.807) is 24.3 Å². The molecule has 3 aromatic carbocycles. The molecule has 0 spiro atoms. The third-order valence-electron chi connectivity index (χ3n) is 5.42. The van der Waals surface area contributed by atoms with E-state index >= 15 is 0 Å². The average molecular weight is 512 g/mol. The second kappa shape index (κ2) is 8.14. The summed E-state index contributed by atoms with van der Waals surface area (Å²) in [5, 5.41) is -1.31. The minimum Gasteiger partial charge on any atom is -0.242 e. The molecule has 0 atom stereocenters. The highest BCUT2D eigenvalue weighted by molar-refractivity contribution is 7.92. The Bertz CT molecular complexity index is 1730. The van der Waals surface area contributed by atoms with Crippen LogP contribution < -0.4 is 0 Å². The summed E-state index contributed by atoms with van der Waals surface area (Å²) in [5.74, 6) is -1.35. The summed E-state index contributed by atoms with van der Waals surface area (Å²) in [5.41, 5.74) is 0.825. The first-order valence-corrected chi connectivity index (χ1v) is 13.1. The molecule has 0 unspecified atom stereocenters. The Morgan fingerprint density at radius 2 is 1.49 bits per heavy atom. The van der Waals surface area contributed by atoms with Crippen LogP contribution in [0.4, 0.5) is 14.5 Å². The second-order valence-electron chi connectivity index (χ2n) is 7.76. The topological polar surface area (TPSA) is 106 Å². The fourth-order valence-electron chi connectivity index (χ4n) is 3.69. The van der Waals surface area contributed by atoms with Crippen molar-refractivity contribution in [2.45, 2.75) is 26.8 Å². The maximum absolute atomic E-state index is 14.3. The number of sulfone groups is 2. The number of hydrogen-bond donors (Lipinski definition) is 0. The molecule has 0 fully saturated rings. The predicted molar refractivity (Wildman–Crippen MR) is 122 cm³/mol. The maximum Gasteiger partial charge on any atom is 0.226 e. The van der Waals surface area contributed by atoms with Gasteiger partial charge in [0.05, 0.1) is 15.5 Å². The molecule has 0 saturated heterocycles. The summed E-state index contributed by atoms with van der Waals surface area (Å²) < 4.78 is 81.7. The van der Waals surface area contributed by atoms with Gasteiger partial charge in [-0.1, -0.05) is 29.8 Å². The molecular formula is C24H15F2N3O4S2. The van der Waals surface area contributed by atoms with Crippen LogP contribution in [0.25, 0.3) is 0 Å². The first-order valence-electron chi connectivity index (χ1n) is 10.2. The van der Waals surface area contributed by atoms with Crippen LogP contribution in [0, 0.1) is 18.6 Å². The molecule has 7 nitrogen and oxygen atoms in total. The first-order chi connectivity index (χ1) is 16.6. The normalized spacial score (nSPS) is 14.4. The van der Waals surface area contributed by atoms with Gasteiger partial charge in [0.25, 0.3) is 0 Å². The van der Waals surface area contributed by atoms with Crippen molar-refractivity contribution in [2.75, 3.05) is 0 Å². The number of nitrogens with zero attached hydrogens (tertiary/aromatic N) is 3. The van der Waals surface area contributed by atoms with Crippen molar-refractivity contribution in [2.24, 2.45) is 4.99 Å². The molecule has 176 valence electrons. The SMILES string of the molecule is Cc1ccc(C2=Nc3c(S(=O)(=O)c4ccc(F)cc4)ncnc3S(=O)(=O)c3ccc(F)cc32)cc1. The van der Waals surface area contributed by atoms with Crippen molar-refractivity contribution < 1.29 is 25.6 Å². The minimum absolute atomic E-state index is 0.0344. The molecule has 11 heteroatoms. The van der Waals surface area contributed by atoms with Crippen molar-refractivity contribution in [1.29, 1.82) is 0 Å². The Morgan fingerprint density at radius 1 is 0.829 bits per heavy atom. The van der Waals surface area contributed by atoms with E-state index in [1.807, 2.05) is 6.92 Å². The second-order valence-corrected chi connectivity index (χ2v) is 11.5. The first kappa shape index (κ1) is 22.9. The lowest BCUT2D eigenvalue weighted by Gasteiger charge is -2.10. The van der Waals surface area contributed by atoms with E-state index in [2.05, 4.69) is 15.0 Å². The van der Waals surface area contributed by atoms with Gasteiger partial charge in [0.2, 0.25) is 19.7 Å². The summed E-state index contributed by atoms with van der Waals surface area (Å²) in [4.78, 5) is 11.5. The Morgan fingerprint density at radius 3 is 2.17 bits per heavy atom. The maximum atomic E-state index is 14.3. The van der Waals surface area contributed by atoms with Gasteiger partial charge in [-0.15, -0.1) is 0 Å². The summed E-state index contributed by atoms with van der Waals surface area (Å²) in [6.07, 6.45) is 0.808. The molecule has 0 N–H and O–H groups in total. The van der Waals surface area contributed by atoms with Crippen LogP contribution in [-0.4, -0.2) is 32.5 Å². The Kier molecular flexibility index (Phi) is 5.33. The number of fused-ring (bicyclic) bond motifs is 2. The third-order valence-corrected chi connectivity index (χ3v) is 8.87. The van der Waals surface area contributed by atoms with Gasteiger partial charge in [0.1, 0.15) is 23.6 Å². The third kappa shape index (κ3) is 3.82. The van der Waals surface area contributed by atoms with Crippen molar-refractivity contribution in [3.05, 3.63) is 101 Å². The van der Waals surface area contributed by atoms with Crippen LogP contribution in [0.5, 0.6) is 0 Å². The van der Waals surface area contributed by atoms with Crippen molar-refractivity contribution >= 4 is 31.1 Å². The van der Waals surface area contributed by atoms with Crippen LogP contribution in [-0.2, 0) is 19.7 Å². The van der Waals surface area contributed by atoms with E-state index in [4.69, 9.17) is 0 Å². The minimum atomic E-state index is -4.43. The molecular weight excluding hydrogens is 496 g/mol. The van der Waals surface area contributed by atoms with E-state index in [0.717, 1.165) is 54.4 Å². The van der Waals surface area contributed by atoms with E-state index in [9.17, 15) is 25.6 Å². The van der Waals surface area contributed by atoms with Crippen LogP contribution in [0.3, 0.4) is 0 Å². The lowest BCUT2D eigenvalue weighted by molar-refractivity contribution is 0.587. The summed E-state index contributed by atoms with van der Waals surface area (Å²) in [6.45, 7) is 1.85. The molecule has 1 aromatic heterocycles. The van der Waals surface area contributed by atoms with Gasteiger partial charge in [-0.05, 0) is 49.4 Å². The molecule has 0 radical (unpaired) electrons. The van der Waals surface area contributed by atoms with Gasteiger partial charge < -0.3 is 0 Å². The van der Waals surface area contributed by atoms with Gasteiger partial charge in [-0.2, -0.15) is 0 Å². The highest BCUT2D eigenvalue weighted by Crippen LogP contribution is 2.40. The summed E-state index contributed by atoms with van der Waals surface area (Å²) >= 11 is 0. The van der Waals surface area contributed by atoms with Crippen LogP contribution >= 0.6 is 0 Å². The number of aromatic nitrogens is 2. The number of halogens is 2. The zero-order valence-electron chi connectivity index (χ0n) is 18.0. The van der Waals surface area contributed by atoms with Gasteiger partial charge >= 0.3 is 0 Å². The Balaban J connectivity index is 1.88. The molecule has 5 rings (SSSR count). The summed E-state index contributed by atoms with van der Waals surface area (Å²) in [7, 11) is -8.87. The number of hydrogen-bond acceptors (Lipinski definition) is 7. The molecule has 4 aromatic rings. The highest BCUT2D eigenvalue weighted by Gasteiger charge is 2.36. The lowest BCUT2D eigenvalue weighted by Crippen LogP contribution is -2.11. The zero-order chi connectivity index (χ0) is 25.0. The molecule has 0 saturated carbocycles. The van der Waals surface area contributed by atoms with E-state index < -0.39 is 47.0 Å². The molecule has 1 aliphatic heterocycles. The van der Waals surface area contributed by atoms with Crippen LogP contribution in [0.1, 0.15) is 16.7 Å². The lowest BCUT2D eigenvalue weighted by atomic mass is 10.0. The molecule has 0 amide bonds. The predicted octanol–water partition coefficient (Wildman–Crippen LogP) is 4.21. The van der Waals surface area contributed by atoms with Crippen molar-refractivity contribution in [3.63, 3.8) is 0 Å². The van der Waals surface area contributed by atoms with Crippen molar-refractivity contribution in [1.82, 2.24) is 9.97 Å². The Hall–Kier alpha value is -3.83. The quantitative estimate of drug-likeness (QED) is 0.265. The molecule has 35 heavy (non-hydrogen) atoms. The van der Waals surface area contributed by atoms with Crippen LogP contribution in [0.15, 0.2) is 97.9 Å². The molecule has 2 heterocycles. The number of benzene rings is 3.